The summed E-state index contributed by atoms with van der Waals surface area (Å²) in [6, 6.07) is 10.4. The lowest BCUT2D eigenvalue weighted by Gasteiger charge is -2.12. The number of hydrogen-bond acceptors (Lipinski definition) is 4. The molecule has 0 spiro atoms. The van der Waals surface area contributed by atoms with E-state index in [4.69, 9.17) is 11.5 Å². The van der Waals surface area contributed by atoms with Crippen molar-refractivity contribution in [2.45, 2.75) is 21.6 Å². The van der Waals surface area contributed by atoms with Crippen LogP contribution in [0.2, 0.25) is 0 Å². The van der Waals surface area contributed by atoms with Crippen molar-refractivity contribution >= 4 is 49.4 Å². The Bertz CT molecular complexity index is 951. The van der Waals surface area contributed by atoms with E-state index < -0.39 is 15.7 Å². The predicted octanol–water partition coefficient (Wildman–Crippen LogP) is 2.73. The highest BCUT2D eigenvalue weighted by Gasteiger charge is 2.20. The molecule has 25 heavy (non-hydrogen) atoms. The molecule has 0 unspecified atom stereocenters. The fourth-order valence-corrected chi connectivity index (χ4v) is 4.59. The van der Waals surface area contributed by atoms with Crippen molar-refractivity contribution in [1.29, 1.82) is 0 Å². The van der Waals surface area contributed by atoms with Crippen LogP contribution in [0.4, 0.5) is 0 Å². The van der Waals surface area contributed by atoms with E-state index in [0.717, 1.165) is 15.6 Å². The third kappa shape index (κ3) is 5.07. The number of carbonyl (C=O) groups excluding carboxylic acids is 1. The Morgan fingerprint density at radius 1 is 1.16 bits per heavy atom. The van der Waals surface area contributed by atoms with E-state index in [1.807, 2.05) is 24.3 Å². The normalized spacial score (nSPS) is 11.2. The molecule has 1 amide bonds. The number of aryl methyl sites for hydroxylation is 1. The SMILES string of the molecule is Cc1cc(Sc2ccc(Br)cc2)c(S(C)(=O)=O)cc1C(=O)N=C(N)N. The number of halogens is 1. The van der Waals surface area contributed by atoms with E-state index in [9.17, 15) is 13.2 Å². The van der Waals surface area contributed by atoms with Gasteiger partial charge in [-0.25, -0.2) is 8.42 Å². The fraction of sp³-hybridized carbons (Fsp3) is 0.125. The number of nitrogens with two attached hydrogens (primary N) is 2. The quantitative estimate of drug-likeness (QED) is 0.556. The van der Waals surface area contributed by atoms with Crippen molar-refractivity contribution in [3.63, 3.8) is 0 Å². The molecule has 0 aromatic heterocycles. The van der Waals surface area contributed by atoms with E-state index in [-0.39, 0.29) is 16.4 Å². The number of rotatable bonds is 4. The molecule has 2 aromatic rings. The van der Waals surface area contributed by atoms with Crippen LogP contribution >= 0.6 is 27.7 Å². The Hall–Kier alpha value is -1.84. The lowest BCUT2D eigenvalue weighted by molar-refractivity contribution is 0.100. The van der Waals surface area contributed by atoms with Crippen molar-refractivity contribution in [1.82, 2.24) is 0 Å². The monoisotopic (exact) mass is 441 g/mol. The van der Waals surface area contributed by atoms with Crippen LogP contribution < -0.4 is 11.5 Å². The van der Waals surface area contributed by atoms with Crippen molar-refractivity contribution in [3.8, 4) is 0 Å². The summed E-state index contributed by atoms with van der Waals surface area (Å²) in [4.78, 5) is 17.0. The highest BCUT2D eigenvalue weighted by molar-refractivity contribution is 9.10. The van der Waals surface area contributed by atoms with Crippen molar-refractivity contribution < 1.29 is 13.2 Å². The van der Waals surface area contributed by atoms with E-state index in [1.54, 1.807) is 13.0 Å². The summed E-state index contributed by atoms with van der Waals surface area (Å²) < 4.78 is 25.3. The molecule has 2 aromatic carbocycles. The molecule has 0 atom stereocenters. The number of aliphatic imine (C=N–C) groups is 1. The zero-order chi connectivity index (χ0) is 18.8. The average molecular weight is 442 g/mol. The molecule has 0 saturated heterocycles. The van der Waals surface area contributed by atoms with Gasteiger partial charge >= 0.3 is 0 Å². The maximum Gasteiger partial charge on any atom is 0.280 e. The number of benzene rings is 2. The number of amides is 1. The first-order chi connectivity index (χ1) is 11.6. The molecule has 0 aliphatic rings. The Morgan fingerprint density at radius 2 is 1.76 bits per heavy atom. The molecule has 0 aliphatic heterocycles. The van der Waals surface area contributed by atoms with Gasteiger partial charge < -0.3 is 11.5 Å². The minimum atomic E-state index is -3.56. The Labute approximate surface area is 158 Å². The summed E-state index contributed by atoms with van der Waals surface area (Å²) >= 11 is 4.66. The van der Waals surface area contributed by atoms with Crippen LogP contribution in [-0.4, -0.2) is 26.5 Å². The number of carbonyl (C=O) groups is 1. The van der Waals surface area contributed by atoms with Gasteiger partial charge in [0.1, 0.15) is 0 Å². The molecular weight excluding hydrogens is 426 g/mol. The number of guanidine groups is 1. The molecule has 0 fully saturated rings. The molecular formula is C16H16BrN3O3S2. The second-order valence-electron chi connectivity index (χ2n) is 5.28. The predicted molar refractivity (Wildman–Crippen MR) is 103 cm³/mol. The molecule has 0 radical (unpaired) electrons. The number of nitrogens with zero attached hydrogens (tertiary/aromatic N) is 1. The maximum absolute atomic E-state index is 12.2. The topological polar surface area (TPSA) is 116 Å². The molecule has 6 nitrogen and oxygen atoms in total. The van der Waals surface area contributed by atoms with Crippen LogP contribution in [0.15, 0.2) is 60.5 Å². The molecule has 9 heteroatoms. The van der Waals surface area contributed by atoms with Gasteiger partial charge in [0, 0.05) is 26.1 Å². The zero-order valence-electron chi connectivity index (χ0n) is 13.5. The Morgan fingerprint density at radius 3 is 2.28 bits per heavy atom. The lowest BCUT2D eigenvalue weighted by Crippen LogP contribution is -2.24. The molecule has 0 saturated carbocycles. The third-order valence-corrected chi connectivity index (χ3v) is 6.05. The number of hydrogen-bond donors (Lipinski definition) is 2. The van der Waals surface area contributed by atoms with E-state index >= 15 is 0 Å². The molecule has 4 N–H and O–H groups in total. The van der Waals surface area contributed by atoms with E-state index in [1.165, 1.54) is 17.8 Å². The largest absolute Gasteiger partial charge is 0.370 e. The Balaban J connectivity index is 2.57. The maximum atomic E-state index is 12.2. The second-order valence-corrected chi connectivity index (χ2v) is 9.30. The van der Waals surface area contributed by atoms with Crippen molar-refractivity contribution in [2.75, 3.05) is 6.26 Å². The molecule has 2 rings (SSSR count). The summed E-state index contributed by atoms with van der Waals surface area (Å²) in [7, 11) is -3.56. The van der Waals surface area contributed by atoms with Crippen LogP contribution in [0.25, 0.3) is 0 Å². The van der Waals surface area contributed by atoms with Crippen molar-refractivity contribution in [3.05, 3.63) is 52.0 Å². The summed E-state index contributed by atoms with van der Waals surface area (Å²) in [5.74, 6) is -1.05. The van der Waals surface area contributed by atoms with E-state index in [2.05, 4.69) is 20.9 Å². The van der Waals surface area contributed by atoms with Gasteiger partial charge in [0.05, 0.1) is 4.90 Å². The summed E-state index contributed by atoms with van der Waals surface area (Å²) in [5, 5.41) is 0. The molecule has 0 bridgehead atoms. The average Bonchev–Trinajstić information content (AvgIpc) is 2.47. The first-order valence-corrected chi connectivity index (χ1v) is 10.5. The highest BCUT2D eigenvalue weighted by atomic mass is 79.9. The van der Waals surface area contributed by atoms with Gasteiger partial charge in [0.15, 0.2) is 15.8 Å². The van der Waals surface area contributed by atoms with Gasteiger partial charge in [0.25, 0.3) is 5.91 Å². The van der Waals surface area contributed by atoms with Gasteiger partial charge in [-0.3, -0.25) is 4.79 Å². The third-order valence-electron chi connectivity index (χ3n) is 3.19. The molecule has 0 aliphatic carbocycles. The minimum Gasteiger partial charge on any atom is -0.370 e. The van der Waals surface area contributed by atoms with Crippen LogP contribution in [0.5, 0.6) is 0 Å². The van der Waals surface area contributed by atoms with E-state index in [0.29, 0.717) is 10.5 Å². The fourth-order valence-electron chi connectivity index (χ4n) is 2.07. The highest BCUT2D eigenvalue weighted by Crippen LogP contribution is 2.35. The standard InChI is InChI=1S/C16H16BrN3O3S2/c1-9-7-13(24-11-5-3-10(17)4-6-11)14(25(2,22)23)8-12(9)15(21)20-16(18)19/h3-8H,1-2H3,(H4,18,19,20,21). The van der Waals surface area contributed by atoms with Crippen LogP contribution in [-0.2, 0) is 9.84 Å². The van der Waals surface area contributed by atoms with Crippen LogP contribution in [0.1, 0.15) is 15.9 Å². The minimum absolute atomic E-state index is 0.0557. The van der Waals surface area contributed by atoms with Crippen LogP contribution in [0, 0.1) is 6.92 Å². The molecule has 0 heterocycles. The van der Waals surface area contributed by atoms with Gasteiger partial charge in [-0.15, -0.1) is 0 Å². The summed E-state index contributed by atoms with van der Waals surface area (Å²) in [6.45, 7) is 1.70. The zero-order valence-corrected chi connectivity index (χ0v) is 16.7. The second kappa shape index (κ2) is 7.59. The first kappa shape index (κ1) is 19.5. The van der Waals surface area contributed by atoms with Gasteiger partial charge in [-0.2, -0.15) is 4.99 Å². The Kier molecular flexibility index (Phi) is 5.91. The van der Waals surface area contributed by atoms with Gasteiger partial charge in [-0.1, -0.05) is 27.7 Å². The van der Waals surface area contributed by atoms with Gasteiger partial charge in [-0.05, 0) is 48.9 Å². The summed E-state index contributed by atoms with van der Waals surface area (Å²) in [6.07, 6.45) is 1.10. The van der Waals surface area contributed by atoms with Crippen LogP contribution in [0.3, 0.4) is 0 Å². The smallest absolute Gasteiger partial charge is 0.280 e. The van der Waals surface area contributed by atoms with Crippen molar-refractivity contribution in [2.24, 2.45) is 16.5 Å². The number of sulfone groups is 1. The first-order valence-electron chi connectivity index (χ1n) is 7.00. The summed E-state index contributed by atoms with van der Waals surface area (Å²) in [5.41, 5.74) is 11.2. The van der Waals surface area contributed by atoms with Gasteiger partial charge in [0.2, 0.25) is 0 Å². The lowest BCUT2D eigenvalue weighted by atomic mass is 10.1. The molecule has 132 valence electrons.